The maximum Gasteiger partial charge on any atom is 0.251 e. The van der Waals surface area contributed by atoms with Crippen molar-refractivity contribution in [1.29, 1.82) is 5.41 Å². The van der Waals surface area contributed by atoms with Gasteiger partial charge in [0, 0.05) is 27.8 Å². The zero-order valence-corrected chi connectivity index (χ0v) is 22.4. The number of amidine groups is 1. The van der Waals surface area contributed by atoms with Crippen molar-refractivity contribution in [2.45, 2.75) is 24.8 Å². The van der Waals surface area contributed by atoms with Gasteiger partial charge in [-0.05, 0) is 42.5 Å². The summed E-state index contributed by atoms with van der Waals surface area (Å²) in [6.45, 7) is 0.762. The van der Waals surface area contributed by atoms with E-state index in [0.29, 0.717) is 35.8 Å². The molecule has 2 aliphatic heterocycles. The quantitative estimate of drug-likeness (QED) is 0.230. The van der Waals surface area contributed by atoms with Crippen LogP contribution >= 0.6 is 11.3 Å². The fourth-order valence-electron chi connectivity index (χ4n) is 4.61. The summed E-state index contributed by atoms with van der Waals surface area (Å²) in [5, 5.41) is 14.8. The van der Waals surface area contributed by atoms with Crippen LogP contribution in [-0.4, -0.2) is 66.6 Å². The normalized spacial score (nSPS) is 17.5. The van der Waals surface area contributed by atoms with Crippen LogP contribution in [0.5, 0.6) is 11.5 Å². The van der Waals surface area contributed by atoms with Crippen LogP contribution in [0.4, 0.5) is 0 Å². The summed E-state index contributed by atoms with van der Waals surface area (Å²) in [4.78, 5) is 41.3. The van der Waals surface area contributed by atoms with Gasteiger partial charge >= 0.3 is 0 Å². The number of nitrogen functional groups attached to an aromatic ring is 1. The first-order valence-electron chi connectivity index (χ1n) is 12.7. The summed E-state index contributed by atoms with van der Waals surface area (Å²) in [5.74, 6) is -1.04. The molecule has 3 heterocycles. The molecule has 208 valence electrons. The highest BCUT2D eigenvalue weighted by Gasteiger charge is 2.52. The van der Waals surface area contributed by atoms with Crippen LogP contribution in [0.15, 0.2) is 66.0 Å². The number of carbonyl (C=O) groups excluding carboxylic acids is 3. The van der Waals surface area contributed by atoms with Gasteiger partial charge in [-0.3, -0.25) is 19.8 Å². The first-order chi connectivity index (χ1) is 19.3. The average Bonchev–Trinajstić information content (AvgIpc) is 3.72. The van der Waals surface area contributed by atoms with Crippen LogP contribution in [0.1, 0.15) is 27.2 Å². The fraction of sp³-hybridized carbons (Fsp3) is 0.286. The van der Waals surface area contributed by atoms with Gasteiger partial charge in [-0.15, -0.1) is 11.3 Å². The highest BCUT2D eigenvalue weighted by atomic mass is 32.1. The molecule has 0 saturated carbocycles. The van der Waals surface area contributed by atoms with Crippen molar-refractivity contribution in [3.05, 3.63) is 82.0 Å². The molecule has 2 aliphatic rings. The molecule has 0 aliphatic carbocycles. The Morgan fingerprint density at radius 1 is 1.02 bits per heavy atom. The number of rotatable bonds is 9. The monoisotopic (exact) mass is 563 g/mol. The largest absolute Gasteiger partial charge is 0.457 e. The number of ether oxygens (including phenoxy) is 3. The van der Waals surface area contributed by atoms with E-state index in [1.54, 1.807) is 35.7 Å². The lowest BCUT2D eigenvalue weighted by Crippen LogP contribution is -2.49. The minimum atomic E-state index is -1.04. The molecular formula is C28H29N5O6S. The van der Waals surface area contributed by atoms with Gasteiger partial charge in [0.25, 0.3) is 5.91 Å². The summed E-state index contributed by atoms with van der Waals surface area (Å²) in [7, 11) is 0. The van der Waals surface area contributed by atoms with Crippen LogP contribution in [-0.2, 0) is 25.6 Å². The van der Waals surface area contributed by atoms with E-state index in [2.05, 4.69) is 10.6 Å². The molecule has 40 heavy (non-hydrogen) atoms. The van der Waals surface area contributed by atoms with Crippen LogP contribution in [0.3, 0.4) is 0 Å². The van der Waals surface area contributed by atoms with E-state index in [9.17, 15) is 14.4 Å². The number of nitrogens with zero attached hydrogens (tertiary/aromatic N) is 1. The predicted molar refractivity (Wildman–Crippen MR) is 147 cm³/mol. The van der Waals surface area contributed by atoms with E-state index in [4.69, 9.17) is 25.4 Å². The van der Waals surface area contributed by atoms with E-state index >= 15 is 0 Å². The summed E-state index contributed by atoms with van der Waals surface area (Å²) < 4.78 is 17.3. The molecule has 0 radical (unpaired) electrons. The number of likely N-dealkylation sites (tertiary alicyclic amines) is 1. The minimum absolute atomic E-state index is 0.0441. The molecule has 3 aromatic rings. The molecule has 1 spiro atoms. The van der Waals surface area contributed by atoms with E-state index in [-0.39, 0.29) is 37.8 Å². The lowest BCUT2D eigenvalue weighted by Gasteiger charge is -2.24. The van der Waals surface area contributed by atoms with Crippen molar-refractivity contribution in [2.24, 2.45) is 5.73 Å². The second kappa shape index (κ2) is 11.9. The third-order valence-electron chi connectivity index (χ3n) is 6.63. The SMILES string of the molecule is N=C(N)c1csc(CNC(=O)C2CC3(CN2C(=O)CNC(=O)c2ccc(Oc4ccccc4)cc2)OCCO3)c1. The molecule has 12 heteroatoms. The smallest absolute Gasteiger partial charge is 0.251 e. The van der Waals surface area contributed by atoms with Crippen LogP contribution in [0.2, 0.25) is 0 Å². The Balaban J connectivity index is 1.18. The van der Waals surface area contributed by atoms with Crippen molar-refractivity contribution in [3.8, 4) is 11.5 Å². The Morgan fingerprint density at radius 3 is 2.40 bits per heavy atom. The van der Waals surface area contributed by atoms with Crippen molar-refractivity contribution in [3.63, 3.8) is 0 Å². The molecule has 5 rings (SSSR count). The number of carbonyl (C=O) groups is 3. The first-order valence-corrected chi connectivity index (χ1v) is 13.6. The molecule has 1 atom stereocenters. The van der Waals surface area contributed by atoms with Crippen molar-refractivity contribution < 1.29 is 28.6 Å². The van der Waals surface area contributed by atoms with Crippen LogP contribution in [0.25, 0.3) is 0 Å². The van der Waals surface area contributed by atoms with Gasteiger partial charge < -0.3 is 35.5 Å². The zero-order valence-electron chi connectivity index (χ0n) is 21.6. The molecule has 5 N–H and O–H groups in total. The lowest BCUT2D eigenvalue weighted by atomic mass is 10.1. The van der Waals surface area contributed by atoms with E-state index in [1.165, 1.54) is 16.2 Å². The number of hydrogen-bond acceptors (Lipinski definition) is 8. The first kappa shape index (κ1) is 27.3. The number of benzene rings is 2. The van der Waals surface area contributed by atoms with Gasteiger partial charge in [-0.1, -0.05) is 18.2 Å². The Labute approximate surface area is 234 Å². The van der Waals surface area contributed by atoms with E-state index in [0.717, 1.165) is 4.88 Å². The summed E-state index contributed by atoms with van der Waals surface area (Å²) in [6, 6.07) is 16.8. The van der Waals surface area contributed by atoms with Gasteiger partial charge in [-0.2, -0.15) is 0 Å². The number of nitrogens with two attached hydrogens (primary N) is 1. The third kappa shape index (κ3) is 6.30. The number of hydrogen-bond donors (Lipinski definition) is 4. The standard InChI is InChI=1S/C28H29N5O6S/c29-25(30)19-12-22(40-16-19)14-31-27(36)23-13-28(37-10-11-38-28)17-33(23)24(34)15-32-26(35)18-6-8-21(9-7-18)39-20-4-2-1-3-5-20/h1-9,12,16,23H,10-11,13-15,17H2,(H3,29,30)(H,31,36)(H,32,35). The van der Waals surface area contributed by atoms with Gasteiger partial charge in [0.2, 0.25) is 11.8 Å². The Morgan fingerprint density at radius 2 is 1.73 bits per heavy atom. The van der Waals surface area contributed by atoms with Gasteiger partial charge in [0.15, 0.2) is 5.79 Å². The van der Waals surface area contributed by atoms with Gasteiger partial charge in [0.1, 0.15) is 23.4 Å². The topological polar surface area (TPSA) is 156 Å². The molecule has 2 saturated heterocycles. The molecular weight excluding hydrogens is 534 g/mol. The number of amides is 3. The highest BCUT2D eigenvalue weighted by molar-refractivity contribution is 7.10. The molecule has 0 bridgehead atoms. The maximum absolute atomic E-state index is 13.2. The van der Waals surface area contributed by atoms with Crippen LogP contribution < -0.4 is 21.1 Å². The summed E-state index contributed by atoms with van der Waals surface area (Å²) >= 11 is 1.38. The van der Waals surface area contributed by atoms with E-state index < -0.39 is 23.6 Å². The van der Waals surface area contributed by atoms with Crippen molar-refractivity contribution in [1.82, 2.24) is 15.5 Å². The minimum Gasteiger partial charge on any atom is -0.457 e. The average molecular weight is 564 g/mol. The molecule has 3 amide bonds. The molecule has 2 aromatic carbocycles. The molecule has 2 fully saturated rings. The molecule has 11 nitrogen and oxygen atoms in total. The Hall–Kier alpha value is -4.26. The maximum atomic E-state index is 13.2. The van der Waals surface area contributed by atoms with Gasteiger partial charge in [0.05, 0.1) is 32.8 Å². The second-order valence-electron chi connectivity index (χ2n) is 9.40. The van der Waals surface area contributed by atoms with E-state index in [1.807, 2.05) is 30.3 Å². The fourth-order valence-corrected chi connectivity index (χ4v) is 5.43. The predicted octanol–water partition coefficient (Wildman–Crippen LogP) is 2.21. The third-order valence-corrected chi connectivity index (χ3v) is 7.56. The highest BCUT2D eigenvalue weighted by Crippen LogP contribution is 2.35. The Kier molecular flexibility index (Phi) is 8.10. The van der Waals surface area contributed by atoms with Gasteiger partial charge in [-0.25, -0.2) is 0 Å². The molecule has 1 aromatic heterocycles. The van der Waals surface area contributed by atoms with Crippen LogP contribution in [0, 0.1) is 5.41 Å². The summed E-state index contributed by atoms with van der Waals surface area (Å²) in [5.41, 5.74) is 6.47. The number of thiophene rings is 1. The number of nitrogens with one attached hydrogen (secondary N) is 3. The van der Waals surface area contributed by atoms with Crippen molar-refractivity contribution in [2.75, 3.05) is 26.3 Å². The summed E-state index contributed by atoms with van der Waals surface area (Å²) in [6.07, 6.45) is 0.185. The number of para-hydroxylation sites is 1. The zero-order chi connectivity index (χ0) is 28.1. The lowest BCUT2D eigenvalue weighted by molar-refractivity contribution is -0.152. The Bertz CT molecular complexity index is 1390. The van der Waals surface area contributed by atoms with Crippen molar-refractivity contribution >= 4 is 34.9 Å². The molecule has 1 unspecified atom stereocenters. The second-order valence-corrected chi connectivity index (χ2v) is 10.4.